The number of pyridine rings is 1. The van der Waals surface area contributed by atoms with Gasteiger partial charge < -0.3 is 14.8 Å². The molecule has 4 heterocycles. The fourth-order valence-corrected chi connectivity index (χ4v) is 3.63. The second-order valence-corrected chi connectivity index (χ2v) is 7.58. The molecule has 0 radical (unpaired) electrons. The number of hydrogen-bond donors (Lipinski definition) is 2. The lowest BCUT2D eigenvalue weighted by atomic mass is 10.2. The van der Waals surface area contributed by atoms with E-state index in [9.17, 15) is 5.26 Å². The highest BCUT2D eigenvalue weighted by atomic mass is 16.5. The monoisotopic (exact) mass is 471 g/mol. The molecule has 1 aromatic carbocycles. The maximum absolute atomic E-state index is 9.60. The second kappa shape index (κ2) is 9.10. The Labute approximate surface area is 200 Å². The van der Waals surface area contributed by atoms with Crippen LogP contribution in [0.1, 0.15) is 5.82 Å². The molecule has 176 valence electrons. The number of nitriles is 1. The zero-order chi connectivity index (χ0) is 24.4. The van der Waals surface area contributed by atoms with E-state index in [1.54, 1.807) is 42.2 Å². The number of aromatic nitrogens is 5. The molecule has 0 aliphatic carbocycles. The van der Waals surface area contributed by atoms with E-state index in [0.717, 1.165) is 5.69 Å². The topological polar surface area (TPSA) is 151 Å². The van der Waals surface area contributed by atoms with E-state index < -0.39 is 6.04 Å². The van der Waals surface area contributed by atoms with Crippen LogP contribution in [0.3, 0.4) is 0 Å². The van der Waals surface area contributed by atoms with E-state index >= 15 is 0 Å². The fourth-order valence-electron chi connectivity index (χ4n) is 3.63. The SMILES string of the molecule is COc1ccc(N=C2C=C(Nc3cc(OC)cc(-n4nnnc4C)c3)NN3C2=NCC3C#N)nc1. The van der Waals surface area contributed by atoms with Crippen molar-refractivity contribution in [2.75, 3.05) is 26.1 Å². The van der Waals surface area contributed by atoms with Gasteiger partial charge in [0.1, 0.15) is 23.0 Å². The van der Waals surface area contributed by atoms with Crippen molar-refractivity contribution >= 4 is 23.1 Å². The summed E-state index contributed by atoms with van der Waals surface area (Å²) in [4.78, 5) is 13.5. The van der Waals surface area contributed by atoms with Crippen LogP contribution < -0.4 is 20.2 Å². The molecule has 1 unspecified atom stereocenters. The Morgan fingerprint density at radius 2 is 2.06 bits per heavy atom. The minimum atomic E-state index is -0.478. The van der Waals surface area contributed by atoms with E-state index in [-0.39, 0.29) is 0 Å². The molecule has 2 aromatic heterocycles. The molecular formula is C22H21N11O2. The number of aryl methyl sites for hydroxylation is 1. The number of hydrogen-bond acceptors (Lipinski definition) is 12. The van der Waals surface area contributed by atoms with Crippen LogP contribution in [0.15, 0.2) is 58.4 Å². The van der Waals surface area contributed by atoms with E-state index in [1.807, 2.05) is 31.2 Å². The smallest absolute Gasteiger partial charge is 0.170 e. The van der Waals surface area contributed by atoms with Gasteiger partial charge in [0.25, 0.3) is 0 Å². The number of amidine groups is 1. The molecule has 35 heavy (non-hydrogen) atoms. The van der Waals surface area contributed by atoms with Gasteiger partial charge >= 0.3 is 0 Å². The largest absolute Gasteiger partial charge is 0.497 e. The Kier molecular flexibility index (Phi) is 5.68. The molecule has 2 aliphatic heterocycles. The number of fused-ring (bicyclic) bond motifs is 1. The van der Waals surface area contributed by atoms with Gasteiger partial charge in [0.05, 0.1) is 38.7 Å². The molecule has 0 bridgehead atoms. The summed E-state index contributed by atoms with van der Waals surface area (Å²) in [6, 6.07) is 10.9. The molecule has 0 spiro atoms. The van der Waals surface area contributed by atoms with Crippen LogP contribution in [0.4, 0.5) is 11.5 Å². The van der Waals surface area contributed by atoms with Crippen LogP contribution in [-0.4, -0.2) is 68.6 Å². The number of anilines is 1. The summed E-state index contributed by atoms with van der Waals surface area (Å²) in [5.41, 5.74) is 5.21. The number of hydrazine groups is 1. The highest BCUT2D eigenvalue weighted by Crippen LogP contribution is 2.26. The Morgan fingerprint density at radius 3 is 2.74 bits per heavy atom. The zero-order valence-electron chi connectivity index (χ0n) is 19.2. The van der Waals surface area contributed by atoms with Crippen molar-refractivity contribution in [1.29, 1.82) is 5.26 Å². The van der Waals surface area contributed by atoms with E-state index in [0.29, 0.717) is 52.7 Å². The molecule has 3 aromatic rings. The lowest BCUT2D eigenvalue weighted by Gasteiger charge is -2.31. The first kappa shape index (κ1) is 21.8. The Bertz CT molecular complexity index is 1390. The summed E-state index contributed by atoms with van der Waals surface area (Å²) in [6.07, 6.45) is 3.40. The standard InChI is InChI=1S/C22H21N11O2/c1-13-28-30-31-32(13)15-6-14(7-18(8-15)35-3)26-21-9-19(22-25-11-16(10-23)33(22)29-21)27-20-5-4-17(34-2)12-24-20/h4-9,12,16,26,29H,11H2,1-3H3. The van der Waals surface area contributed by atoms with Crippen LogP contribution in [-0.2, 0) is 0 Å². The average molecular weight is 471 g/mol. The molecule has 0 saturated carbocycles. The predicted octanol–water partition coefficient (Wildman–Crippen LogP) is 1.53. The van der Waals surface area contributed by atoms with Crippen molar-refractivity contribution in [3.63, 3.8) is 0 Å². The summed E-state index contributed by atoms with van der Waals surface area (Å²) >= 11 is 0. The quantitative estimate of drug-likeness (QED) is 0.541. The van der Waals surface area contributed by atoms with Gasteiger partial charge in [-0.1, -0.05) is 0 Å². The Morgan fingerprint density at radius 1 is 1.20 bits per heavy atom. The number of rotatable bonds is 6. The maximum atomic E-state index is 9.60. The van der Waals surface area contributed by atoms with E-state index in [1.165, 1.54) is 0 Å². The maximum Gasteiger partial charge on any atom is 0.170 e. The molecule has 0 fully saturated rings. The molecular weight excluding hydrogens is 450 g/mol. The van der Waals surface area contributed by atoms with E-state index in [4.69, 9.17) is 9.47 Å². The van der Waals surface area contributed by atoms with Crippen LogP contribution in [0, 0.1) is 18.3 Å². The first-order chi connectivity index (χ1) is 17.1. The van der Waals surface area contributed by atoms with Crippen LogP contribution >= 0.6 is 0 Å². The molecule has 5 rings (SSSR count). The van der Waals surface area contributed by atoms with Crippen LogP contribution in [0.2, 0.25) is 0 Å². The van der Waals surface area contributed by atoms with Gasteiger partial charge in [0, 0.05) is 23.9 Å². The molecule has 13 heteroatoms. The molecule has 13 nitrogen and oxygen atoms in total. The summed E-state index contributed by atoms with van der Waals surface area (Å²) in [6.45, 7) is 2.14. The summed E-state index contributed by atoms with van der Waals surface area (Å²) in [5.74, 6) is 3.52. The van der Waals surface area contributed by atoms with Crippen molar-refractivity contribution in [3.8, 4) is 23.3 Å². The number of benzene rings is 1. The average Bonchev–Trinajstić information content (AvgIpc) is 3.50. The van der Waals surface area contributed by atoms with Gasteiger partial charge in [0.2, 0.25) is 0 Å². The minimum absolute atomic E-state index is 0.330. The van der Waals surface area contributed by atoms with Crippen molar-refractivity contribution in [1.82, 2.24) is 35.6 Å². The number of nitrogens with zero attached hydrogens (tertiary/aromatic N) is 9. The fraction of sp³-hybridized carbons (Fsp3) is 0.227. The number of nitrogens with one attached hydrogen (secondary N) is 2. The highest BCUT2D eigenvalue weighted by molar-refractivity contribution is 6.47. The van der Waals surface area contributed by atoms with Gasteiger partial charge in [-0.2, -0.15) is 9.94 Å². The third kappa shape index (κ3) is 4.32. The molecule has 0 saturated heterocycles. The van der Waals surface area contributed by atoms with Gasteiger partial charge in [-0.15, -0.1) is 5.10 Å². The van der Waals surface area contributed by atoms with Gasteiger partial charge in [-0.3, -0.25) is 10.4 Å². The lowest BCUT2D eigenvalue weighted by molar-refractivity contribution is 0.328. The zero-order valence-corrected chi connectivity index (χ0v) is 19.2. The van der Waals surface area contributed by atoms with Gasteiger partial charge in [-0.05, 0) is 35.5 Å². The summed E-state index contributed by atoms with van der Waals surface area (Å²) in [7, 11) is 3.17. The molecule has 0 amide bonds. The number of tetrazole rings is 1. The van der Waals surface area contributed by atoms with Gasteiger partial charge in [-0.25, -0.2) is 15.0 Å². The first-order valence-corrected chi connectivity index (χ1v) is 10.6. The van der Waals surface area contributed by atoms with E-state index in [2.05, 4.69) is 47.3 Å². The highest BCUT2D eigenvalue weighted by Gasteiger charge is 2.34. The van der Waals surface area contributed by atoms with Crippen molar-refractivity contribution in [2.45, 2.75) is 13.0 Å². The lowest BCUT2D eigenvalue weighted by Crippen LogP contribution is -2.52. The third-order valence-corrected chi connectivity index (χ3v) is 5.32. The second-order valence-electron chi connectivity index (χ2n) is 7.58. The Hall–Kier alpha value is -4.99. The van der Waals surface area contributed by atoms with Gasteiger partial charge in [0.15, 0.2) is 23.5 Å². The number of ether oxygens (including phenoxy) is 2. The molecule has 2 aliphatic rings. The first-order valence-electron chi connectivity index (χ1n) is 10.6. The minimum Gasteiger partial charge on any atom is -0.497 e. The van der Waals surface area contributed by atoms with Crippen LogP contribution in [0.25, 0.3) is 5.69 Å². The molecule has 2 N–H and O–H groups in total. The summed E-state index contributed by atoms with van der Waals surface area (Å²) in [5, 5.41) is 26.3. The number of aliphatic imine (C=N–C) groups is 2. The number of methoxy groups -OCH3 is 2. The summed E-state index contributed by atoms with van der Waals surface area (Å²) < 4.78 is 12.2. The van der Waals surface area contributed by atoms with Crippen molar-refractivity contribution < 1.29 is 9.47 Å². The predicted molar refractivity (Wildman–Crippen MR) is 127 cm³/mol. The van der Waals surface area contributed by atoms with Crippen molar-refractivity contribution in [3.05, 3.63) is 54.3 Å². The third-order valence-electron chi connectivity index (χ3n) is 5.32. The van der Waals surface area contributed by atoms with Crippen LogP contribution in [0.5, 0.6) is 11.5 Å². The molecule has 1 atom stereocenters. The van der Waals surface area contributed by atoms with Crippen molar-refractivity contribution in [2.24, 2.45) is 9.98 Å². The Balaban J connectivity index is 1.51. The normalized spacial score (nSPS) is 17.7.